The van der Waals surface area contributed by atoms with E-state index in [0.717, 1.165) is 12.8 Å². The maximum absolute atomic E-state index is 12.9. The third-order valence-corrected chi connectivity index (χ3v) is 7.25. The molecule has 0 spiro atoms. The molecule has 0 saturated carbocycles. The minimum Gasteiger partial charge on any atom is -0.322 e. The Hall–Kier alpha value is -2.68. The fourth-order valence-corrected chi connectivity index (χ4v) is 5.45. The lowest BCUT2D eigenvalue weighted by Gasteiger charge is -2.17. The van der Waals surface area contributed by atoms with Crippen LogP contribution >= 0.6 is 11.6 Å². The van der Waals surface area contributed by atoms with Crippen LogP contribution in [0.15, 0.2) is 58.2 Å². The largest absolute Gasteiger partial charge is 0.322 e. The third kappa shape index (κ3) is 3.78. The molecular weight excluding hydrogens is 414 g/mol. The van der Waals surface area contributed by atoms with Crippen molar-refractivity contribution in [3.63, 3.8) is 0 Å². The van der Waals surface area contributed by atoms with Crippen LogP contribution in [0.2, 0.25) is 5.02 Å². The number of carbonyl (C=O) groups is 1. The third-order valence-electron chi connectivity index (χ3n) is 4.87. The number of aromatic amines is 1. The average molecular weight is 432 g/mol. The molecule has 29 heavy (non-hydrogen) atoms. The van der Waals surface area contributed by atoms with Crippen molar-refractivity contribution in [3.8, 4) is 0 Å². The van der Waals surface area contributed by atoms with Gasteiger partial charge >= 0.3 is 0 Å². The molecule has 9 heteroatoms. The van der Waals surface area contributed by atoms with E-state index in [1.165, 1.54) is 28.6 Å². The number of nitrogens with zero attached hydrogens (tertiary/aromatic N) is 1. The standard InChI is InChI=1S/C20H18ClN3O4S/c21-16-8-7-13(11-18(16)29(27,28)24-9-3-4-10-24)22-20(26)15-12-19(25)23-17-6-2-1-5-14(15)17/h1-2,5-8,11-12H,3-4,9-10H2,(H,22,26)(H,23,25). The Morgan fingerprint density at radius 2 is 1.79 bits per heavy atom. The summed E-state index contributed by atoms with van der Waals surface area (Å²) in [5.41, 5.74) is 0.616. The lowest BCUT2D eigenvalue weighted by Crippen LogP contribution is -2.28. The van der Waals surface area contributed by atoms with Gasteiger partial charge < -0.3 is 10.3 Å². The summed E-state index contributed by atoms with van der Waals surface area (Å²) in [6, 6.07) is 12.5. The molecule has 1 fully saturated rings. The second kappa shape index (κ2) is 7.62. The van der Waals surface area contributed by atoms with Crippen molar-refractivity contribution >= 4 is 44.1 Å². The minimum atomic E-state index is -3.74. The molecule has 2 N–H and O–H groups in total. The summed E-state index contributed by atoms with van der Waals surface area (Å²) in [5.74, 6) is -0.515. The molecule has 0 radical (unpaired) electrons. The number of para-hydroxylation sites is 1. The van der Waals surface area contributed by atoms with Crippen molar-refractivity contribution in [2.75, 3.05) is 18.4 Å². The molecule has 1 saturated heterocycles. The van der Waals surface area contributed by atoms with Gasteiger partial charge in [0, 0.05) is 35.7 Å². The van der Waals surface area contributed by atoms with Crippen LogP contribution in [-0.4, -0.2) is 36.7 Å². The summed E-state index contributed by atoms with van der Waals surface area (Å²) in [4.78, 5) is 27.4. The quantitative estimate of drug-likeness (QED) is 0.662. The summed E-state index contributed by atoms with van der Waals surface area (Å²) in [5, 5.41) is 3.36. The van der Waals surface area contributed by atoms with Crippen LogP contribution in [0, 0.1) is 0 Å². The Balaban J connectivity index is 1.69. The van der Waals surface area contributed by atoms with Crippen molar-refractivity contribution in [3.05, 3.63) is 69.5 Å². The second-order valence-corrected chi connectivity index (χ2v) is 9.12. The zero-order chi connectivity index (χ0) is 20.6. The zero-order valence-corrected chi connectivity index (χ0v) is 16.9. The van der Waals surface area contributed by atoms with E-state index in [0.29, 0.717) is 24.0 Å². The highest BCUT2D eigenvalue weighted by Gasteiger charge is 2.29. The number of hydrogen-bond donors (Lipinski definition) is 2. The van der Waals surface area contributed by atoms with E-state index in [4.69, 9.17) is 11.6 Å². The van der Waals surface area contributed by atoms with Gasteiger partial charge in [-0.2, -0.15) is 4.31 Å². The van der Waals surface area contributed by atoms with Gasteiger partial charge in [0.25, 0.3) is 5.91 Å². The summed E-state index contributed by atoms with van der Waals surface area (Å²) in [6.45, 7) is 0.905. The molecule has 0 aliphatic carbocycles. The molecule has 4 rings (SSSR count). The molecule has 0 bridgehead atoms. The Kier molecular flexibility index (Phi) is 5.16. The lowest BCUT2D eigenvalue weighted by molar-refractivity contribution is 0.102. The number of anilines is 1. The Bertz CT molecular complexity index is 1260. The maximum Gasteiger partial charge on any atom is 0.256 e. The Morgan fingerprint density at radius 3 is 2.55 bits per heavy atom. The normalized spacial score (nSPS) is 14.9. The van der Waals surface area contributed by atoms with Crippen molar-refractivity contribution in [2.45, 2.75) is 17.7 Å². The van der Waals surface area contributed by atoms with Gasteiger partial charge in [-0.1, -0.05) is 29.8 Å². The predicted octanol–water partition coefficient (Wildman–Crippen LogP) is 3.22. The monoisotopic (exact) mass is 431 g/mol. The SMILES string of the molecule is O=C(Nc1ccc(Cl)c(S(=O)(=O)N2CCCC2)c1)c1cc(=O)[nH]c2ccccc12. The van der Waals surface area contributed by atoms with Gasteiger partial charge in [-0.25, -0.2) is 8.42 Å². The van der Waals surface area contributed by atoms with E-state index >= 15 is 0 Å². The van der Waals surface area contributed by atoms with E-state index in [2.05, 4.69) is 10.3 Å². The molecule has 3 aromatic rings. The number of benzene rings is 2. The number of pyridine rings is 1. The lowest BCUT2D eigenvalue weighted by atomic mass is 10.1. The number of fused-ring (bicyclic) bond motifs is 1. The molecule has 1 aliphatic rings. The topological polar surface area (TPSA) is 99.3 Å². The Morgan fingerprint density at radius 1 is 1.07 bits per heavy atom. The number of amides is 1. The fourth-order valence-electron chi connectivity index (χ4n) is 3.44. The number of rotatable bonds is 4. The molecule has 150 valence electrons. The number of hydrogen-bond acceptors (Lipinski definition) is 4. The van der Waals surface area contributed by atoms with Crippen molar-refractivity contribution in [1.82, 2.24) is 9.29 Å². The molecular formula is C20H18ClN3O4S. The number of halogens is 1. The average Bonchev–Trinajstić information content (AvgIpc) is 3.24. The maximum atomic E-state index is 12.9. The van der Waals surface area contributed by atoms with Crippen LogP contribution in [0.25, 0.3) is 10.9 Å². The number of H-pyrrole nitrogens is 1. The molecule has 0 atom stereocenters. The first-order chi connectivity index (χ1) is 13.9. The van der Waals surface area contributed by atoms with Gasteiger partial charge in [-0.15, -0.1) is 0 Å². The molecule has 1 aliphatic heterocycles. The molecule has 2 aromatic carbocycles. The van der Waals surface area contributed by atoms with Gasteiger partial charge in [0.15, 0.2) is 0 Å². The van der Waals surface area contributed by atoms with Crippen LogP contribution in [-0.2, 0) is 10.0 Å². The smallest absolute Gasteiger partial charge is 0.256 e. The van der Waals surface area contributed by atoms with Crippen LogP contribution in [0.3, 0.4) is 0 Å². The van der Waals surface area contributed by atoms with Gasteiger partial charge in [-0.05, 0) is 37.1 Å². The van der Waals surface area contributed by atoms with Gasteiger partial charge in [-0.3, -0.25) is 9.59 Å². The number of sulfonamides is 1. The van der Waals surface area contributed by atoms with Crippen molar-refractivity contribution in [1.29, 1.82) is 0 Å². The van der Waals surface area contributed by atoms with Crippen LogP contribution in [0.1, 0.15) is 23.2 Å². The van der Waals surface area contributed by atoms with E-state index in [-0.39, 0.29) is 21.2 Å². The van der Waals surface area contributed by atoms with Crippen LogP contribution in [0.5, 0.6) is 0 Å². The van der Waals surface area contributed by atoms with Crippen molar-refractivity contribution in [2.24, 2.45) is 0 Å². The summed E-state index contributed by atoms with van der Waals surface area (Å²) < 4.78 is 27.1. The first-order valence-corrected chi connectivity index (χ1v) is 10.9. The van der Waals surface area contributed by atoms with E-state index in [9.17, 15) is 18.0 Å². The molecule has 1 aromatic heterocycles. The number of nitrogens with one attached hydrogen (secondary N) is 2. The van der Waals surface area contributed by atoms with Gasteiger partial charge in [0.05, 0.1) is 10.6 Å². The van der Waals surface area contributed by atoms with Crippen molar-refractivity contribution < 1.29 is 13.2 Å². The first-order valence-electron chi connectivity index (χ1n) is 9.09. The fraction of sp³-hybridized carbons (Fsp3) is 0.200. The first kappa shape index (κ1) is 19.6. The minimum absolute atomic E-state index is 0.0466. The second-order valence-electron chi connectivity index (χ2n) is 6.80. The number of carbonyl (C=O) groups excluding carboxylic acids is 1. The summed E-state index contributed by atoms with van der Waals surface area (Å²) >= 11 is 6.15. The van der Waals surface area contributed by atoms with E-state index < -0.39 is 21.5 Å². The predicted molar refractivity (Wildman–Crippen MR) is 112 cm³/mol. The highest BCUT2D eigenvalue weighted by molar-refractivity contribution is 7.89. The zero-order valence-electron chi connectivity index (χ0n) is 15.3. The highest BCUT2D eigenvalue weighted by atomic mass is 35.5. The highest BCUT2D eigenvalue weighted by Crippen LogP contribution is 2.30. The Labute approximate surface area is 172 Å². The summed E-state index contributed by atoms with van der Waals surface area (Å²) in [7, 11) is -3.74. The van der Waals surface area contributed by atoms with Gasteiger partial charge in [0.2, 0.25) is 15.6 Å². The summed E-state index contributed by atoms with van der Waals surface area (Å²) in [6.07, 6.45) is 1.62. The molecule has 1 amide bonds. The number of aromatic nitrogens is 1. The van der Waals surface area contributed by atoms with Gasteiger partial charge in [0.1, 0.15) is 4.90 Å². The van der Waals surface area contributed by atoms with Crippen LogP contribution < -0.4 is 10.9 Å². The molecule has 2 heterocycles. The van der Waals surface area contributed by atoms with E-state index in [1.54, 1.807) is 24.3 Å². The van der Waals surface area contributed by atoms with Crippen LogP contribution in [0.4, 0.5) is 5.69 Å². The molecule has 0 unspecified atom stereocenters. The van der Waals surface area contributed by atoms with E-state index in [1.807, 2.05) is 0 Å². The molecule has 7 nitrogen and oxygen atoms in total.